The standard InChI is InChI=1S/C14H22N4O3/c1-4-10(3)9-17(5-2)12-7-6-11(14(15)16-19)8-13(12)18(20)21/h6-8,10,19H,4-5,9H2,1-3H3,(H2,15,16). The first-order chi connectivity index (χ1) is 9.94. The second-order valence-electron chi connectivity index (χ2n) is 5.00. The van der Waals surface area contributed by atoms with Gasteiger partial charge in [0.15, 0.2) is 5.84 Å². The zero-order chi connectivity index (χ0) is 16.0. The van der Waals surface area contributed by atoms with E-state index in [1.165, 1.54) is 6.07 Å². The fraction of sp³-hybridized carbons (Fsp3) is 0.500. The van der Waals surface area contributed by atoms with Gasteiger partial charge in [0.25, 0.3) is 5.69 Å². The molecular formula is C14H22N4O3. The zero-order valence-electron chi connectivity index (χ0n) is 12.6. The van der Waals surface area contributed by atoms with E-state index in [1.54, 1.807) is 12.1 Å². The minimum Gasteiger partial charge on any atom is -0.409 e. The van der Waals surface area contributed by atoms with Gasteiger partial charge in [-0.3, -0.25) is 10.1 Å². The second-order valence-corrected chi connectivity index (χ2v) is 5.00. The molecule has 0 aliphatic heterocycles. The molecular weight excluding hydrogens is 272 g/mol. The van der Waals surface area contributed by atoms with E-state index >= 15 is 0 Å². The van der Waals surface area contributed by atoms with Crippen molar-refractivity contribution in [2.45, 2.75) is 27.2 Å². The lowest BCUT2D eigenvalue weighted by molar-refractivity contribution is -0.384. The maximum atomic E-state index is 11.3. The Labute approximate surface area is 124 Å². The van der Waals surface area contributed by atoms with E-state index in [1.807, 2.05) is 11.8 Å². The van der Waals surface area contributed by atoms with Gasteiger partial charge in [-0.25, -0.2) is 0 Å². The molecule has 1 aromatic carbocycles. The molecule has 0 heterocycles. The van der Waals surface area contributed by atoms with E-state index in [0.717, 1.165) is 13.0 Å². The van der Waals surface area contributed by atoms with Crippen LogP contribution in [0.5, 0.6) is 0 Å². The number of nitrogens with zero attached hydrogens (tertiary/aromatic N) is 3. The summed E-state index contributed by atoms with van der Waals surface area (Å²) in [5, 5.41) is 22.8. The highest BCUT2D eigenvalue weighted by Gasteiger charge is 2.21. The average Bonchev–Trinajstić information content (AvgIpc) is 2.50. The van der Waals surface area contributed by atoms with Crippen molar-refractivity contribution in [1.82, 2.24) is 0 Å². The van der Waals surface area contributed by atoms with Crippen molar-refractivity contribution >= 4 is 17.2 Å². The molecule has 0 saturated carbocycles. The number of anilines is 1. The first kappa shape index (κ1) is 16.7. The lowest BCUT2D eigenvalue weighted by Crippen LogP contribution is -2.28. The smallest absolute Gasteiger partial charge is 0.293 e. The van der Waals surface area contributed by atoms with Crippen LogP contribution in [-0.2, 0) is 0 Å². The molecule has 0 spiro atoms. The van der Waals surface area contributed by atoms with Crippen molar-refractivity contribution in [3.05, 3.63) is 33.9 Å². The predicted octanol–water partition coefficient (Wildman–Crippen LogP) is 2.56. The van der Waals surface area contributed by atoms with Crippen molar-refractivity contribution in [2.24, 2.45) is 16.8 Å². The number of amidine groups is 1. The van der Waals surface area contributed by atoms with Gasteiger partial charge in [0.05, 0.1) is 4.92 Å². The van der Waals surface area contributed by atoms with Gasteiger partial charge in [0.1, 0.15) is 5.69 Å². The van der Waals surface area contributed by atoms with Crippen molar-refractivity contribution in [1.29, 1.82) is 0 Å². The third-order valence-electron chi connectivity index (χ3n) is 3.53. The van der Waals surface area contributed by atoms with Crippen molar-refractivity contribution in [3.8, 4) is 0 Å². The molecule has 116 valence electrons. The van der Waals surface area contributed by atoms with Crippen molar-refractivity contribution < 1.29 is 10.1 Å². The molecule has 0 fully saturated rings. The van der Waals surface area contributed by atoms with Gasteiger partial charge < -0.3 is 15.8 Å². The monoisotopic (exact) mass is 294 g/mol. The molecule has 1 aromatic rings. The Balaban J connectivity index is 3.24. The maximum Gasteiger partial charge on any atom is 0.293 e. The normalized spacial score (nSPS) is 13.0. The summed E-state index contributed by atoms with van der Waals surface area (Å²) < 4.78 is 0. The van der Waals surface area contributed by atoms with E-state index < -0.39 is 4.92 Å². The first-order valence-electron chi connectivity index (χ1n) is 6.95. The number of hydrogen-bond donors (Lipinski definition) is 2. The molecule has 7 heteroatoms. The van der Waals surface area contributed by atoms with E-state index in [-0.39, 0.29) is 11.5 Å². The molecule has 7 nitrogen and oxygen atoms in total. The first-order valence-corrected chi connectivity index (χ1v) is 6.95. The fourth-order valence-electron chi connectivity index (χ4n) is 2.06. The Hall–Kier alpha value is -2.31. The minimum absolute atomic E-state index is 0.0377. The summed E-state index contributed by atoms with van der Waals surface area (Å²) in [5.74, 6) is 0.294. The number of rotatable bonds is 7. The predicted molar refractivity (Wildman–Crippen MR) is 82.9 cm³/mol. The van der Waals surface area contributed by atoms with Gasteiger partial charge in [-0.15, -0.1) is 0 Å². The topological polar surface area (TPSA) is 105 Å². The number of benzene rings is 1. The van der Waals surface area contributed by atoms with Crippen LogP contribution in [-0.4, -0.2) is 29.1 Å². The molecule has 21 heavy (non-hydrogen) atoms. The Morgan fingerprint density at radius 1 is 1.52 bits per heavy atom. The number of nitro groups is 1. The Bertz CT molecular complexity index is 531. The molecule has 1 atom stereocenters. The Morgan fingerprint density at radius 2 is 2.19 bits per heavy atom. The number of nitro benzene ring substituents is 1. The van der Waals surface area contributed by atoms with Gasteiger partial charge in [0.2, 0.25) is 0 Å². The highest BCUT2D eigenvalue weighted by Crippen LogP contribution is 2.30. The number of hydrogen-bond acceptors (Lipinski definition) is 5. The number of nitrogens with two attached hydrogens (primary N) is 1. The summed E-state index contributed by atoms with van der Waals surface area (Å²) in [6, 6.07) is 4.61. The van der Waals surface area contributed by atoms with Crippen LogP contribution in [0.4, 0.5) is 11.4 Å². The van der Waals surface area contributed by atoms with Gasteiger partial charge >= 0.3 is 0 Å². The Morgan fingerprint density at radius 3 is 2.67 bits per heavy atom. The van der Waals surface area contributed by atoms with Gasteiger partial charge in [-0.05, 0) is 25.0 Å². The average molecular weight is 294 g/mol. The van der Waals surface area contributed by atoms with Crippen molar-refractivity contribution in [2.75, 3.05) is 18.0 Å². The maximum absolute atomic E-state index is 11.3. The van der Waals surface area contributed by atoms with Gasteiger partial charge in [0, 0.05) is 24.7 Å². The summed E-state index contributed by atoms with van der Waals surface area (Å²) in [6.07, 6.45) is 1.01. The molecule has 1 rings (SSSR count). The molecule has 0 bridgehead atoms. The van der Waals surface area contributed by atoms with Gasteiger partial charge in [-0.2, -0.15) is 0 Å². The van der Waals surface area contributed by atoms with Crippen LogP contribution < -0.4 is 10.6 Å². The fourth-order valence-corrected chi connectivity index (χ4v) is 2.06. The summed E-state index contributed by atoms with van der Waals surface area (Å²) in [4.78, 5) is 12.8. The lowest BCUT2D eigenvalue weighted by atomic mass is 10.1. The lowest BCUT2D eigenvalue weighted by Gasteiger charge is -2.26. The molecule has 0 aromatic heterocycles. The molecule has 0 aliphatic rings. The Kier molecular flexibility index (Phi) is 5.95. The van der Waals surface area contributed by atoms with E-state index in [0.29, 0.717) is 23.7 Å². The van der Waals surface area contributed by atoms with Crippen LogP contribution in [0.2, 0.25) is 0 Å². The third-order valence-corrected chi connectivity index (χ3v) is 3.53. The molecule has 0 amide bonds. The molecule has 0 saturated heterocycles. The summed E-state index contributed by atoms with van der Waals surface area (Å²) in [5.41, 5.74) is 6.33. The van der Waals surface area contributed by atoms with Crippen LogP contribution in [0.1, 0.15) is 32.8 Å². The molecule has 3 N–H and O–H groups in total. The minimum atomic E-state index is -0.442. The highest BCUT2D eigenvalue weighted by atomic mass is 16.6. The molecule has 1 unspecified atom stereocenters. The summed E-state index contributed by atoms with van der Waals surface area (Å²) in [7, 11) is 0. The van der Waals surface area contributed by atoms with Gasteiger partial charge in [-0.1, -0.05) is 25.4 Å². The van der Waals surface area contributed by atoms with E-state index in [4.69, 9.17) is 10.9 Å². The summed E-state index contributed by atoms with van der Waals surface area (Å²) >= 11 is 0. The number of oxime groups is 1. The third kappa shape index (κ3) is 4.08. The second kappa shape index (κ2) is 7.47. The van der Waals surface area contributed by atoms with Crippen LogP contribution in [0.25, 0.3) is 0 Å². The van der Waals surface area contributed by atoms with Crippen LogP contribution in [0, 0.1) is 16.0 Å². The van der Waals surface area contributed by atoms with Crippen molar-refractivity contribution in [3.63, 3.8) is 0 Å². The largest absolute Gasteiger partial charge is 0.409 e. The van der Waals surface area contributed by atoms with E-state index in [2.05, 4.69) is 19.0 Å². The van der Waals surface area contributed by atoms with E-state index in [9.17, 15) is 10.1 Å². The van der Waals surface area contributed by atoms with Crippen LogP contribution >= 0.6 is 0 Å². The molecule has 0 radical (unpaired) electrons. The molecule has 0 aliphatic carbocycles. The zero-order valence-corrected chi connectivity index (χ0v) is 12.6. The SMILES string of the molecule is CCC(C)CN(CC)c1ccc(C(N)=NO)cc1[N+](=O)[O-]. The van der Waals surface area contributed by atoms with Crippen LogP contribution in [0.15, 0.2) is 23.4 Å². The summed E-state index contributed by atoms with van der Waals surface area (Å²) in [6.45, 7) is 7.59. The quantitative estimate of drug-likeness (QED) is 0.264. The highest BCUT2D eigenvalue weighted by molar-refractivity contribution is 5.98. The van der Waals surface area contributed by atoms with Crippen LogP contribution in [0.3, 0.4) is 0 Å².